The fraction of sp³-hybridized carbons (Fsp3) is 0.400. The second kappa shape index (κ2) is 2.89. The van der Waals surface area contributed by atoms with E-state index in [1.54, 1.807) is 18.2 Å². The van der Waals surface area contributed by atoms with Gasteiger partial charge < -0.3 is 10.8 Å². The van der Waals surface area contributed by atoms with Crippen LogP contribution in [0.3, 0.4) is 0 Å². The average Bonchev–Trinajstić information content (AvgIpc) is 2.05. The van der Waals surface area contributed by atoms with Gasteiger partial charge in [-0.25, -0.2) is 0 Å². The molecule has 1 aliphatic carbocycles. The van der Waals surface area contributed by atoms with Crippen molar-refractivity contribution in [2.75, 3.05) is 0 Å². The summed E-state index contributed by atoms with van der Waals surface area (Å²) in [7, 11) is 0. The minimum absolute atomic E-state index is 0.256. The molecule has 1 aromatic carbocycles. The molecule has 3 N–H and O–H groups in total. The Balaban J connectivity index is 2.43. The van der Waals surface area contributed by atoms with Gasteiger partial charge in [0, 0.05) is 16.1 Å². The van der Waals surface area contributed by atoms with Crippen LogP contribution in [0.1, 0.15) is 24.8 Å². The third-order valence-corrected chi connectivity index (χ3v) is 2.98. The summed E-state index contributed by atoms with van der Waals surface area (Å²) in [6, 6.07) is 5.03. The quantitative estimate of drug-likeness (QED) is 0.726. The molecule has 1 saturated carbocycles. The van der Waals surface area contributed by atoms with E-state index < -0.39 is 0 Å². The summed E-state index contributed by atoms with van der Waals surface area (Å²) >= 11 is 5.84. The largest absolute Gasteiger partial charge is 0.508 e. The van der Waals surface area contributed by atoms with Crippen molar-refractivity contribution in [3.63, 3.8) is 0 Å². The SMILES string of the molecule is NC1(c2cc(Cl)ccc2O)CCC1. The van der Waals surface area contributed by atoms with Crippen molar-refractivity contribution >= 4 is 11.6 Å². The molecule has 70 valence electrons. The van der Waals surface area contributed by atoms with Gasteiger partial charge in [0.05, 0.1) is 0 Å². The fourth-order valence-electron chi connectivity index (χ4n) is 1.73. The Morgan fingerprint density at radius 2 is 2.08 bits per heavy atom. The van der Waals surface area contributed by atoms with Gasteiger partial charge in [-0.3, -0.25) is 0 Å². The Labute approximate surface area is 82.3 Å². The molecular formula is C10H12ClNO. The molecule has 0 heterocycles. The first kappa shape index (κ1) is 8.85. The molecule has 0 saturated heterocycles. The Kier molecular flexibility index (Phi) is 1.97. The lowest BCUT2D eigenvalue weighted by atomic mass is 9.72. The lowest BCUT2D eigenvalue weighted by Gasteiger charge is -2.38. The summed E-state index contributed by atoms with van der Waals surface area (Å²) in [5, 5.41) is 10.2. The summed E-state index contributed by atoms with van der Waals surface area (Å²) in [5.41, 5.74) is 6.52. The van der Waals surface area contributed by atoms with Crippen LogP contribution in [0.2, 0.25) is 5.02 Å². The lowest BCUT2D eigenvalue weighted by molar-refractivity contribution is 0.245. The Morgan fingerprint density at radius 3 is 2.62 bits per heavy atom. The number of rotatable bonds is 1. The molecule has 1 aliphatic rings. The van der Waals surface area contributed by atoms with Crippen LogP contribution in [0.25, 0.3) is 0 Å². The first-order valence-electron chi connectivity index (χ1n) is 4.40. The number of halogens is 1. The fourth-order valence-corrected chi connectivity index (χ4v) is 1.91. The molecule has 3 heteroatoms. The van der Waals surface area contributed by atoms with E-state index >= 15 is 0 Å². The molecule has 1 fully saturated rings. The summed E-state index contributed by atoms with van der Waals surface area (Å²) in [6.45, 7) is 0. The van der Waals surface area contributed by atoms with Gasteiger partial charge in [0.15, 0.2) is 0 Å². The number of phenols is 1. The van der Waals surface area contributed by atoms with E-state index in [1.807, 2.05) is 0 Å². The Morgan fingerprint density at radius 1 is 1.38 bits per heavy atom. The van der Waals surface area contributed by atoms with Crippen LogP contribution in [0.15, 0.2) is 18.2 Å². The first-order chi connectivity index (χ1) is 6.12. The average molecular weight is 198 g/mol. The van der Waals surface area contributed by atoms with Crippen molar-refractivity contribution in [3.05, 3.63) is 28.8 Å². The second-order valence-electron chi connectivity index (χ2n) is 3.67. The van der Waals surface area contributed by atoms with Crippen LogP contribution in [0, 0.1) is 0 Å². The highest BCUT2D eigenvalue weighted by atomic mass is 35.5. The maximum atomic E-state index is 9.60. The zero-order valence-corrected chi connectivity index (χ0v) is 8.01. The van der Waals surface area contributed by atoms with Crippen LogP contribution in [-0.2, 0) is 5.54 Å². The smallest absolute Gasteiger partial charge is 0.120 e. The highest BCUT2D eigenvalue weighted by Gasteiger charge is 2.36. The van der Waals surface area contributed by atoms with Crippen LogP contribution in [0.4, 0.5) is 0 Å². The van der Waals surface area contributed by atoms with Crippen LogP contribution in [-0.4, -0.2) is 5.11 Å². The van der Waals surface area contributed by atoms with Crippen LogP contribution >= 0.6 is 11.6 Å². The number of phenolic OH excluding ortho intramolecular Hbond substituents is 1. The predicted octanol–water partition coefficient (Wildman–Crippen LogP) is 2.38. The normalized spacial score (nSPS) is 19.5. The van der Waals surface area contributed by atoms with Gasteiger partial charge in [-0.05, 0) is 37.5 Å². The van der Waals surface area contributed by atoms with Crippen LogP contribution in [0.5, 0.6) is 5.75 Å². The molecule has 0 aromatic heterocycles. The Bertz CT molecular complexity index is 334. The minimum atomic E-state index is -0.338. The third-order valence-electron chi connectivity index (χ3n) is 2.74. The zero-order chi connectivity index (χ0) is 9.47. The molecule has 0 bridgehead atoms. The number of benzene rings is 1. The third kappa shape index (κ3) is 1.40. The van der Waals surface area contributed by atoms with Crippen LogP contribution < -0.4 is 5.73 Å². The van der Waals surface area contributed by atoms with Crippen molar-refractivity contribution in [1.82, 2.24) is 0 Å². The van der Waals surface area contributed by atoms with Gasteiger partial charge in [0.1, 0.15) is 5.75 Å². The van der Waals surface area contributed by atoms with E-state index in [4.69, 9.17) is 17.3 Å². The number of hydrogen-bond acceptors (Lipinski definition) is 2. The van der Waals surface area contributed by atoms with Crippen molar-refractivity contribution in [2.24, 2.45) is 5.73 Å². The zero-order valence-electron chi connectivity index (χ0n) is 7.26. The van der Waals surface area contributed by atoms with Gasteiger partial charge in [-0.2, -0.15) is 0 Å². The summed E-state index contributed by atoms with van der Waals surface area (Å²) in [4.78, 5) is 0. The number of hydrogen-bond donors (Lipinski definition) is 2. The monoisotopic (exact) mass is 197 g/mol. The van der Waals surface area contributed by atoms with E-state index in [-0.39, 0.29) is 11.3 Å². The van der Waals surface area contributed by atoms with Crippen molar-refractivity contribution < 1.29 is 5.11 Å². The van der Waals surface area contributed by atoms with Crippen molar-refractivity contribution in [2.45, 2.75) is 24.8 Å². The summed E-state index contributed by atoms with van der Waals surface area (Å²) in [6.07, 6.45) is 2.99. The van der Waals surface area contributed by atoms with E-state index in [0.717, 1.165) is 24.8 Å². The van der Waals surface area contributed by atoms with Gasteiger partial charge in [-0.1, -0.05) is 11.6 Å². The maximum absolute atomic E-state index is 9.60. The minimum Gasteiger partial charge on any atom is -0.508 e. The van der Waals surface area contributed by atoms with Crippen molar-refractivity contribution in [3.8, 4) is 5.75 Å². The molecule has 0 atom stereocenters. The lowest BCUT2D eigenvalue weighted by Crippen LogP contribution is -2.43. The second-order valence-corrected chi connectivity index (χ2v) is 4.11. The topological polar surface area (TPSA) is 46.2 Å². The molecule has 1 aromatic rings. The Hall–Kier alpha value is -0.730. The van der Waals surface area contributed by atoms with Crippen molar-refractivity contribution in [1.29, 1.82) is 0 Å². The molecular weight excluding hydrogens is 186 g/mol. The molecule has 0 aliphatic heterocycles. The van der Waals surface area contributed by atoms with E-state index in [1.165, 1.54) is 0 Å². The molecule has 0 amide bonds. The van der Waals surface area contributed by atoms with E-state index in [9.17, 15) is 5.11 Å². The standard InChI is InChI=1S/C10H12ClNO/c11-7-2-3-9(13)8(6-7)10(12)4-1-5-10/h2-3,6,13H,1,4-5,12H2. The van der Waals surface area contributed by atoms with Gasteiger partial charge >= 0.3 is 0 Å². The van der Waals surface area contributed by atoms with Gasteiger partial charge in [0.2, 0.25) is 0 Å². The number of nitrogens with two attached hydrogens (primary N) is 1. The van der Waals surface area contributed by atoms with Gasteiger partial charge in [0.25, 0.3) is 0 Å². The molecule has 0 radical (unpaired) electrons. The first-order valence-corrected chi connectivity index (χ1v) is 4.77. The molecule has 13 heavy (non-hydrogen) atoms. The van der Waals surface area contributed by atoms with E-state index in [0.29, 0.717) is 5.02 Å². The predicted molar refractivity (Wildman–Crippen MR) is 52.8 cm³/mol. The maximum Gasteiger partial charge on any atom is 0.120 e. The highest BCUT2D eigenvalue weighted by Crippen LogP contribution is 2.43. The van der Waals surface area contributed by atoms with Gasteiger partial charge in [-0.15, -0.1) is 0 Å². The molecule has 0 spiro atoms. The molecule has 2 nitrogen and oxygen atoms in total. The summed E-state index contributed by atoms with van der Waals surface area (Å²) < 4.78 is 0. The number of aromatic hydroxyl groups is 1. The highest BCUT2D eigenvalue weighted by molar-refractivity contribution is 6.30. The molecule has 0 unspecified atom stereocenters. The summed E-state index contributed by atoms with van der Waals surface area (Å²) in [5.74, 6) is 0.256. The molecule has 2 rings (SSSR count). The van der Waals surface area contributed by atoms with E-state index in [2.05, 4.69) is 0 Å².